The average molecular weight is 662 g/mol. The molecule has 6 nitrogen and oxygen atoms in total. The predicted molar refractivity (Wildman–Crippen MR) is 141 cm³/mol. The van der Waals surface area contributed by atoms with Crippen molar-refractivity contribution in [2.45, 2.75) is 20.5 Å². The number of thioether (sulfide) groups is 1. The zero-order chi connectivity index (χ0) is 22.5. The van der Waals surface area contributed by atoms with Gasteiger partial charge in [0.1, 0.15) is 12.4 Å². The summed E-state index contributed by atoms with van der Waals surface area (Å²) in [5.74, 6) is -0.204. The number of hydrogen-bond donors (Lipinski definition) is 1. The number of benzene rings is 2. The van der Waals surface area contributed by atoms with E-state index in [-0.39, 0.29) is 11.5 Å². The van der Waals surface area contributed by atoms with Crippen molar-refractivity contribution >= 4 is 80.1 Å². The molecule has 0 aromatic heterocycles. The molecule has 0 spiro atoms. The summed E-state index contributed by atoms with van der Waals surface area (Å²) in [6.45, 7) is 5.47. The summed E-state index contributed by atoms with van der Waals surface area (Å²) in [6, 6.07) is 10.6. The van der Waals surface area contributed by atoms with E-state index in [1.54, 1.807) is 29.2 Å². The molecule has 0 unspecified atom stereocenters. The van der Waals surface area contributed by atoms with Crippen molar-refractivity contribution in [2.24, 2.45) is 4.99 Å². The van der Waals surface area contributed by atoms with Gasteiger partial charge in [-0.15, -0.1) is 0 Å². The summed E-state index contributed by atoms with van der Waals surface area (Å²) in [7, 11) is 0. The Morgan fingerprint density at radius 1 is 1.19 bits per heavy atom. The number of halogens is 2. The van der Waals surface area contributed by atoms with E-state index in [2.05, 4.69) is 50.2 Å². The molecule has 0 bridgehead atoms. The third-order valence-corrected chi connectivity index (χ3v) is 7.05. The second-order valence-electron chi connectivity index (χ2n) is 6.52. The zero-order valence-electron chi connectivity index (χ0n) is 16.9. The van der Waals surface area contributed by atoms with Crippen LogP contribution in [0.3, 0.4) is 0 Å². The molecule has 3 rings (SSSR count). The lowest BCUT2D eigenvalue weighted by Crippen LogP contribution is -2.28. The van der Waals surface area contributed by atoms with Crippen molar-refractivity contribution < 1.29 is 19.4 Å². The summed E-state index contributed by atoms with van der Waals surface area (Å²) in [5.41, 5.74) is 2.06. The second kappa shape index (κ2) is 10.8. The largest absolute Gasteiger partial charge is 0.487 e. The summed E-state index contributed by atoms with van der Waals surface area (Å²) in [5, 5.41) is 9.75. The lowest BCUT2D eigenvalue weighted by molar-refractivity contribution is -0.122. The van der Waals surface area contributed by atoms with E-state index >= 15 is 0 Å². The van der Waals surface area contributed by atoms with E-state index in [0.717, 1.165) is 29.2 Å². The van der Waals surface area contributed by atoms with Crippen molar-refractivity contribution in [3.63, 3.8) is 0 Å². The molecule has 9 heteroatoms. The highest BCUT2D eigenvalue weighted by Gasteiger charge is 2.31. The van der Waals surface area contributed by atoms with Crippen LogP contribution in [0.1, 0.15) is 35.3 Å². The lowest BCUT2D eigenvalue weighted by atomic mass is 10.1. The predicted octanol–water partition coefficient (Wildman–Crippen LogP) is 5.49. The molecule has 0 radical (unpaired) electrons. The summed E-state index contributed by atoms with van der Waals surface area (Å²) < 4.78 is 7.87. The quantitative estimate of drug-likeness (QED) is 0.314. The number of nitrogens with zero attached hydrogens (tertiary/aromatic N) is 2. The molecule has 1 aliphatic heterocycles. The number of amidine groups is 1. The number of rotatable bonds is 7. The van der Waals surface area contributed by atoms with Crippen LogP contribution in [0.25, 0.3) is 6.08 Å². The normalized spacial score (nSPS) is 16.4. The van der Waals surface area contributed by atoms with Gasteiger partial charge in [-0.2, -0.15) is 0 Å². The van der Waals surface area contributed by atoms with Gasteiger partial charge in [0.05, 0.1) is 17.6 Å². The van der Waals surface area contributed by atoms with E-state index in [1.165, 1.54) is 11.8 Å². The number of ether oxygens (including phenoxy) is 1. The van der Waals surface area contributed by atoms with Crippen LogP contribution in [-0.2, 0) is 11.4 Å². The number of aliphatic imine (C=N–C) groups is 1. The van der Waals surface area contributed by atoms with Gasteiger partial charge in [0.2, 0.25) is 0 Å². The number of carboxylic acid groups (broad SMARTS) is 1. The Bertz CT molecular complexity index is 1040. The Morgan fingerprint density at radius 3 is 2.39 bits per heavy atom. The SMILES string of the molecule is CCN=C1S/C(=C\c2cc(I)c(OCc3ccc(C(=O)O)cc3)c(I)c2)C(=O)N1CC. The minimum absolute atomic E-state index is 0.0187. The van der Waals surface area contributed by atoms with E-state index in [1.807, 2.05) is 32.1 Å². The fraction of sp³-hybridized carbons (Fsp3) is 0.227. The lowest BCUT2D eigenvalue weighted by Gasteiger charge is -2.12. The van der Waals surface area contributed by atoms with Gasteiger partial charge in [0, 0.05) is 13.1 Å². The molecule has 0 atom stereocenters. The van der Waals surface area contributed by atoms with Crippen LogP contribution < -0.4 is 4.74 Å². The van der Waals surface area contributed by atoms with E-state index in [4.69, 9.17) is 9.84 Å². The molecule has 162 valence electrons. The average Bonchev–Trinajstić information content (AvgIpc) is 3.02. The molecule has 2 aromatic carbocycles. The minimum Gasteiger partial charge on any atom is -0.487 e. The molecule has 2 aromatic rings. The Labute approximate surface area is 212 Å². The van der Waals surface area contributed by atoms with Crippen LogP contribution in [0.15, 0.2) is 46.3 Å². The molecular formula is C22H20I2N2O4S. The van der Waals surface area contributed by atoms with E-state index in [9.17, 15) is 9.59 Å². The number of carbonyl (C=O) groups excluding carboxylic acids is 1. The van der Waals surface area contributed by atoms with Crippen LogP contribution in [0.2, 0.25) is 0 Å². The first-order valence-electron chi connectivity index (χ1n) is 9.54. The van der Waals surface area contributed by atoms with Crippen LogP contribution in [0.4, 0.5) is 0 Å². The van der Waals surface area contributed by atoms with Gasteiger partial charge < -0.3 is 9.84 Å². The number of carbonyl (C=O) groups is 2. The Hall–Kier alpha value is -1.60. The summed E-state index contributed by atoms with van der Waals surface area (Å²) >= 11 is 5.86. The monoisotopic (exact) mass is 662 g/mol. The van der Waals surface area contributed by atoms with E-state index < -0.39 is 5.97 Å². The van der Waals surface area contributed by atoms with Crippen molar-refractivity contribution in [3.8, 4) is 5.75 Å². The van der Waals surface area contributed by atoms with Crippen LogP contribution in [0.5, 0.6) is 5.75 Å². The standard InChI is InChI=1S/C22H20I2N2O4S/c1-3-25-22-26(4-2)20(27)18(31-22)11-14-9-16(23)19(17(24)10-14)30-12-13-5-7-15(8-6-13)21(28)29/h5-11H,3-4,12H2,1-2H3,(H,28,29)/b18-11-,25-22?. The van der Waals surface area contributed by atoms with Crippen molar-refractivity contribution in [3.05, 3.63) is 65.1 Å². The zero-order valence-corrected chi connectivity index (χ0v) is 22.0. The van der Waals surface area contributed by atoms with Crippen molar-refractivity contribution in [1.82, 2.24) is 4.90 Å². The molecule has 1 saturated heterocycles. The van der Waals surface area contributed by atoms with Gasteiger partial charge in [0.15, 0.2) is 5.17 Å². The topological polar surface area (TPSA) is 79.2 Å². The van der Waals surface area contributed by atoms with Crippen molar-refractivity contribution in [1.29, 1.82) is 0 Å². The molecular weight excluding hydrogens is 642 g/mol. The fourth-order valence-corrected chi connectivity index (χ4v) is 6.12. The van der Waals surface area contributed by atoms with E-state index in [0.29, 0.717) is 24.6 Å². The van der Waals surface area contributed by atoms with Gasteiger partial charge >= 0.3 is 5.97 Å². The van der Waals surface area contributed by atoms with Crippen LogP contribution in [0, 0.1) is 7.14 Å². The number of likely N-dealkylation sites (N-methyl/N-ethyl adjacent to an activating group) is 1. The summed E-state index contributed by atoms with van der Waals surface area (Å²) in [6.07, 6.45) is 1.90. The highest BCUT2D eigenvalue weighted by molar-refractivity contribution is 14.1. The number of hydrogen-bond acceptors (Lipinski definition) is 5. The van der Waals surface area contributed by atoms with Crippen molar-refractivity contribution in [2.75, 3.05) is 13.1 Å². The maximum absolute atomic E-state index is 12.7. The van der Waals surface area contributed by atoms with Gasteiger partial charge in [0.25, 0.3) is 5.91 Å². The smallest absolute Gasteiger partial charge is 0.335 e. The first-order chi connectivity index (χ1) is 14.8. The van der Waals surface area contributed by atoms with Gasteiger partial charge in [-0.25, -0.2) is 4.79 Å². The molecule has 0 saturated carbocycles. The first kappa shape index (κ1) is 24.1. The first-order valence-corrected chi connectivity index (χ1v) is 12.5. The molecule has 31 heavy (non-hydrogen) atoms. The Morgan fingerprint density at radius 2 is 1.84 bits per heavy atom. The molecule has 1 fully saturated rings. The van der Waals surface area contributed by atoms with Crippen LogP contribution in [-0.4, -0.2) is 40.1 Å². The molecule has 1 aliphatic rings. The minimum atomic E-state index is -0.949. The maximum Gasteiger partial charge on any atom is 0.335 e. The fourth-order valence-electron chi connectivity index (χ4n) is 2.89. The van der Waals surface area contributed by atoms with Gasteiger partial charge in [-0.1, -0.05) is 12.1 Å². The maximum atomic E-state index is 12.7. The molecule has 1 amide bonds. The highest BCUT2D eigenvalue weighted by atomic mass is 127. The Balaban J connectivity index is 1.77. The number of aromatic carboxylic acids is 1. The number of amides is 1. The Kier molecular flexibility index (Phi) is 8.39. The number of carboxylic acids is 1. The molecule has 1 heterocycles. The van der Waals surface area contributed by atoms with Gasteiger partial charge in [-0.3, -0.25) is 14.7 Å². The van der Waals surface area contributed by atoms with Crippen LogP contribution >= 0.6 is 56.9 Å². The molecule has 1 N–H and O–H groups in total. The molecule has 0 aliphatic carbocycles. The third kappa shape index (κ3) is 5.80. The second-order valence-corrected chi connectivity index (χ2v) is 9.85. The third-order valence-electron chi connectivity index (χ3n) is 4.40. The highest BCUT2D eigenvalue weighted by Crippen LogP contribution is 2.35. The summed E-state index contributed by atoms with van der Waals surface area (Å²) in [4.78, 5) is 30.4. The van der Waals surface area contributed by atoms with Gasteiger partial charge in [-0.05, 0) is 112 Å².